The lowest BCUT2D eigenvalue weighted by atomic mass is 10.0. The smallest absolute Gasteiger partial charge is 0.416 e. The van der Waals surface area contributed by atoms with E-state index in [1.807, 2.05) is 0 Å². The molecule has 0 bridgehead atoms. The van der Waals surface area contributed by atoms with Crippen LogP contribution in [0.15, 0.2) is 36.4 Å². The molecule has 144 valence electrons. The Morgan fingerprint density at radius 1 is 1.00 bits per heavy atom. The van der Waals surface area contributed by atoms with Crippen LogP contribution < -0.4 is 5.32 Å². The third-order valence-corrected chi connectivity index (χ3v) is 4.40. The van der Waals surface area contributed by atoms with Gasteiger partial charge >= 0.3 is 12.4 Å². The predicted octanol–water partition coefficient (Wildman–Crippen LogP) is 4.85. The van der Waals surface area contributed by atoms with Crippen molar-refractivity contribution in [3.8, 4) is 5.75 Å². The summed E-state index contributed by atoms with van der Waals surface area (Å²) < 4.78 is 77.5. The molecule has 2 aromatic carbocycles. The minimum atomic E-state index is -5.03. The first-order valence-electron chi connectivity index (χ1n) is 7.88. The first-order chi connectivity index (χ1) is 12.5. The Morgan fingerprint density at radius 2 is 1.59 bits per heavy atom. The highest BCUT2D eigenvalue weighted by molar-refractivity contribution is 5.95. The fourth-order valence-electron chi connectivity index (χ4n) is 3.11. The number of phenolic OH excluding ortho intramolecular Hbond substituents is 1. The maximum Gasteiger partial charge on any atom is 0.416 e. The van der Waals surface area contributed by atoms with Crippen LogP contribution in [0.5, 0.6) is 5.75 Å². The lowest BCUT2D eigenvalue weighted by molar-refractivity contribution is -0.143. The van der Waals surface area contributed by atoms with E-state index in [1.54, 1.807) is 12.1 Å². The van der Waals surface area contributed by atoms with E-state index >= 15 is 0 Å². The van der Waals surface area contributed by atoms with E-state index in [0.29, 0.717) is 36.1 Å². The van der Waals surface area contributed by atoms with Crippen LogP contribution >= 0.6 is 0 Å². The predicted molar refractivity (Wildman–Crippen MR) is 83.1 cm³/mol. The largest absolute Gasteiger partial charge is 0.508 e. The van der Waals surface area contributed by atoms with Crippen molar-refractivity contribution in [3.05, 3.63) is 64.2 Å². The topological polar surface area (TPSA) is 49.3 Å². The molecule has 0 radical (unpaired) electrons. The van der Waals surface area contributed by atoms with Crippen molar-refractivity contribution in [2.45, 2.75) is 31.2 Å². The minimum absolute atomic E-state index is 0.0281. The number of nitrogens with one attached hydrogen (secondary N) is 1. The molecule has 1 atom stereocenters. The Kier molecular flexibility index (Phi) is 4.57. The number of hydrogen-bond acceptors (Lipinski definition) is 2. The molecule has 1 aliphatic carbocycles. The van der Waals surface area contributed by atoms with Gasteiger partial charge in [0.25, 0.3) is 5.91 Å². The normalized spacial score (nSPS) is 16.9. The first kappa shape index (κ1) is 19.1. The van der Waals surface area contributed by atoms with Gasteiger partial charge in [-0.15, -0.1) is 0 Å². The van der Waals surface area contributed by atoms with Gasteiger partial charge in [0, 0.05) is 5.56 Å². The van der Waals surface area contributed by atoms with Gasteiger partial charge in [0.1, 0.15) is 5.75 Å². The number of halogens is 6. The molecule has 0 aromatic heterocycles. The minimum Gasteiger partial charge on any atom is -0.508 e. The average Bonchev–Trinajstić information content (AvgIpc) is 2.97. The molecule has 1 aliphatic rings. The molecule has 0 fully saturated rings. The van der Waals surface area contributed by atoms with Crippen LogP contribution in [0.2, 0.25) is 0 Å². The number of carbonyl (C=O) groups is 1. The van der Waals surface area contributed by atoms with Crippen LogP contribution in [0.4, 0.5) is 26.3 Å². The van der Waals surface area contributed by atoms with Crippen molar-refractivity contribution in [3.63, 3.8) is 0 Å². The highest BCUT2D eigenvalue weighted by Crippen LogP contribution is 2.38. The van der Waals surface area contributed by atoms with Gasteiger partial charge in [-0.25, -0.2) is 0 Å². The van der Waals surface area contributed by atoms with Crippen LogP contribution in [0.1, 0.15) is 45.1 Å². The molecule has 0 spiro atoms. The molecular formula is C18H13F6NO2. The number of benzene rings is 2. The van der Waals surface area contributed by atoms with Crippen molar-refractivity contribution < 1.29 is 36.2 Å². The van der Waals surface area contributed by atoms with E-state index in [9.17, 15) is 36.2 Å². The highest BCUT2D eigenvalue weighted by Gasteiger charge is 2.38. The molecule has 3 nitrogen and oxygen atoms in total. The number of phenols is 1. The molecule has 2 aromatic rings. The second-order valence-corrected chi connectivity index (χ2v) is 6.20. The van der Waals surface area contributed by atoms with Gasteiger partial charge in [0.05, 0.1) is 17.2 Å². The molecule has 27 heavy (non-hydrogen) atoms. The van der Waals surface area contributed by atoms with Gasteiger partial charge < -0.3 is 10.4 Å². The molecule has 0 aliphatic heterocycles. The summed E-state index contributed by atoms with van der Waals surface area (Å²) in [4.78, 5) is 12.3. The zero-order valence-electron chi connectivity index (χ0n) is 13.6. The summed E-state index contributed by atoms with van der Waals surface area (Å²) in [5.74, 6) is -1.02. The Morgan fingerprint density at radius 3 is 2.15 bits per heavy atom. The zero-order chi connectivity index (χ0) is 20.0. The van der Waals surface area contributed by atoms with Crippen molar-refractivity contribution in [2.75, 3.05) is 0 Å². The maximum absolute atomic E-state index is 12.9. The standard InChI is InChI=1S/C18H13F6NO2/c19-17(20,21)10-6-9(7-11(8-10)18(22,23)24)16(27)25-14-5-4-13-12(14)2-1-3-15(13)26/h1-3,6-8,14,26H,4-5H2,(H,25,27). The number of fused-ring (bicyclic) bond motifs is 1. The van der Waals surface area contributed by atoms with Crippen molar-refractivity contribution in [2.24, 2.45) is 0 Å². The van der Waals surface area contributed by atoms with Gasteiger partial charge in [-0.3, -0.25) is 4.79 Å². The number of amides is 1. The molecule has 0 saturated carbocycles. The van der Waals surface area contributed by atoms with E-state index < -0.39 is 41.0 Å². The van der Waals surface area contributed by atoms with Gasteiger partial charge in [0.2, 0.25) is 0 Å². The number of aromatic hydroxyl groups is 1. The summed E-state index contributed by atoms with van der Waals surface area (Å²) in [5, 5.41) is 12.2. The molecule has 9 heteroatoms. The third-order valence-electron chi connectivity index (χ3n) is 4.40. The summed E-state index contributed by atoms with van der Waals surface area (Å²) >= 11 is 0. The second kappa shape index (κ2) is 6.47. The van der Waals surface area contributed by atoms with Crippen LogP contribution in [0.25, 0.3) is 0 Å². The Balaban J connectivity index is 1.93. The number of alkyl halides is 6. The summed E-state index contributed by atoms with van der Waals surface area (Å²) in [6.45, 7) is 0. The molecule has 2 N–H and O–H groups in total. The molecular weight excluding hydrogens is 376 g/mol. The Bertz CT molecular complexity index is 856. The number of rotatable bonds is 2. The van der Waals surface area contributed by atoms with E-state index in [0.717, 1.165) is 0 Å². The highest BCUT2D eigenvalue weighted by atomic mass is 19.4. The van der Waals surface area contributed by atoms with E-state index in [1.165, 1.54) is 6.07 Å². The van der Waals surface area contributed by atoms with E-state index in [4.69, 9.17) is 0 Å². The average molecular weight is 389 g/mol. The quantitative estimate of drug-likeness (QED) is 0.722. The van der Waals surface area contributed by atoms with Gasteiger partial charge in [-0.1, -0.05) is 12.1 Å². The molecule has 3 rings (SSSR count). The van der Waals surface area contributed by atoms with Gasteiger partial charge in [-0.2, -0.15) is 26.3 Å². The lowest BCUT2D eigenvalue weighted by Crippen LogP contribution is -2.28. The van der Waals surface area contributed by atoms with Crippen LogP contribution in [0.3, 0.4) is 0 Å². The van der Waals surface area contributed by atoms with Crippen LogP contribution in [-0.4, -0.2) is 11.0 Å². The van der Waals surface area contributed by atoms with Crippen LogP contribution in [-0.2, 0) is 18.8 Å². The maximum atomic E-state index is 12.9. The summed E-state index contributed by atoms with van der Waals surface area (Å²) in [6.07, 6.45) is -9.24. The number of hydrogen-bond donors (Lipinski definition) is 2. The lowest BCUT2D eigenvalue weighted by Gasteiger charge is -2.17. The van der Waals surface area contributed by atoms with E-state index in [-0.39, 0.29) is 11.8 Å². The molecule has 0 heterocycles. The Hall–Kier alpha value is -2.71. The SMILES string of the molecule is O=C(NC1CCc2c(O)cccc21)c1cc(C(F)(F)F)cc(C(F)(F)F)c1. The van der Waals surface area contributed by atoms with E-state index in [2.05, 4.69) is 5.32 Å². The monoisotopic (exact) mass is 389 g/mol. The second-order valence-electron chi connectivity index (χ2n) is 6.20. The van der Waals surface area contributed by atoms with Gasteiger partial charge in [0.15, 0.2) is 0 Å². The fourth-order valence-corrected chi connectivity index (χ4v) is 3.11. The fraction of sp³-hybridized carbons (Fsp3) is 0.278. The van der Waals surface area contributed by atoms with Gasteiger partial charge in [-0.05, 0) is 48.2 Å². The first-order valence-corrected chi connectivity index (χ1v) is 7.88. The number of carbonyl (C=O) groups excluding carboxylic acids is 1. The molecule has 1 amide bonds. The Labute approximate surface area is 149 Å². The van der Waals surface area contributed by atoms with Crippen molar-refractivity contribution in [1.29, 1.82) is 0 Å². The molecule has 1 unspecified atom stereocenters. The van der Waals surface area contributed by atoms with Crippen LogP contribution in [0, 0.1) is 0 Å². The van der Waals surface area contributed by atoms with Crippen molar-refractivity contribution in [1.82, 2.24) is 5.32 Å². The van der Waals surface area contributed by atoms with Crippen molar-refractivity contribution >= 4 is 5.91 Å². The molecule has 0 saturated heterocycles. The summed E-state index contributed by atoms with van der Waals surface area (Å²) in [5.41, 5.74) is -2.64. The zero-order valence-corrected chi connectivity index (χ0v) is 13.6. The summed E-state index contributed by atoms with van der Waals surface area (Å²) in [7, 11) is 0. The third kappa shape index (κ3) is 3.86. The summed E-state index contributed by atoms with van der Waals surface area (Å²) in [6, 6.07) is 4.80.